The number of carbonyl (C=O) groups is 1. The maximum absolute atomic E-state index is 14.0. The number of hydrogen-bond donors (Lipinski definition) is 1. The van der Waals surface area contributed by atoms with E-state index < -0.39 is 23.8 Å². The zero-order valence-electron chi connectivity index (χ0n) is 12.9. The maximum atomic E-state index is 14.0. The largest absolute Gasteiger partial charge is 0.484 e. The zero-order chi connectivity index (χ0) is 17.1. The number of hydrogen-bond acceptors (Lipinski definition) is 3. The summed E-state index contributed by atoms with van der Waals surface area (Å²) in [6.07, 6.45) is -0.615. The van der Waals surface area contributed by atoms with Gasteiger partial charge in [0.1, 0.15) is 17.4 Å². The SMILES string of the molecule is O=C(COc1ccccc1)N1C[C@H](O)C[C@@H]1c1cc(F)ccc1F. The van der Waals surface area contributed by atoms with Crippen molar-refractivity contribution in [3.05, 3.63) is 65.7 Å². The standard InChI is InChI=1S/C18H17F2NO3/c19-12-6-7-16(20)15(8-12)17-9-13(22)10-21(17)18(23)11-24-14-4-2-1-3-5-14/h1-8,13,17,22H,9-11H2/t13-,17-/m1/s1. The van der Waals surface area contributed by atoms with Crippen molar-refractivity contribution >= 4 is 5.91 Å². The van der Waals surface area contributed by atoms with Gasteiger partial charge in [0, 0.05) is 12.1 Å². The van der Waals surface area contributed by atoms with E-state index in [0.29, 0.717) is 5.75 Å². The van der Waals surface area contributed by atoms with Gasteiger partial charge in [0.05, 0.1) is 12.1 Å². The van der Waals surface area contributed by atoms with Crippen molar-refractivity contribution in [1.82, 2.24) is 4.90 Å². The predicted octanol–water partition coefficient (Wildman–Crippen LogP) is 2.68. The lowest BCUT2D eigenvalue weighted by Gasteiger charge is -2.25. The van der Waals surface area contributed by atoms with Crippen LogP contribution in [0.1, 0.15) is 18.0 Å². The van der Waals surface area contributed by atoms with Gasteiger partial charge in [-0.3, -0.25) is 4.79 Å². The monoisotopic (exact) mass is 333 g/mol. The van der Waals surface area contributed by atoms with Crippen LogP contribution in [0, 0.1) is 11.6 Å². The molecule has 0 bridgehead atoms. The zero-order valence-corrected chi connectivity index (χ0v) is 12.9. The number of nitrogens with zero attached hydrogens (tertiary/aromatic N) is 1. The molecule has 3 rings (SSSR count). The lowest BCUT2D eigenvalue weighted by atomic mass is 10.0. The van der Waals surface area contributed by atoms with E-state index in [9.17, 15) is 18.7 Å². The van der Waals surface area contributed by atoms with Crippen LogP contribution in [0.4, 0.5) is 8.78 Å². The lowest BCUT2D eigenvalue weighted by molar-refractivity contribution is -0.134. The Kier molecular flexibility index (Phi) is 4.76. The average molecular weight is 333 g/mol. The summed E-state index contributed by atoms with van der Waals surface area (Å²) < 4.78 is 32.9. The molecule has 2 aromatic rings. The summed E-state index contributed by atoms with van der Waals surface area (Å²) >= 11 is 0. The maximum Gasteiger partial charge on any atom is 0.261 e. The quantitative estimate of drug-likeness (QED) is 0.936. The van der Waals surface area contributed by atoms with E-state index in [-0.39, 0.29) is 31.0 Å². The van der Waals surface area contributed by atoms with Gasteiger partial charge in [-0.2, -0.15) is 0 Å². The highest BCUT2D eigenvalue weighted by molar-refractivity contribution is 5.78. The van der Waals surface area contributed by atoms with Crippen LogP contribution < -0.4 is 4.74 Å². The first kappa shape index (κ1) is 16.4. The van der Waals surface area contributed by atoms with E-state index in [2.05, 4.69) is 0 Å². The van der Waals surface area contributed by atoms with E-state index in [1.54, 1.807) is 24.3 Å². The van der Waals surface area contributed by atoms with Crippen LogP contribution in [-0.2, 0) is 4.79 Å². The van der Waals surface area contributed by atoms with Crippen molar-refractivity contribution in [3.8, 4) is 5.75 Å². The molecule has 4 nitrogen and oxygen atoms in total. The molecule has 1 aliphatic heterocycles. The number of aliphatic hydroxyl groups excluding tert-OH is 1. The number of β-amino-alcohol motifs (C(OH)–C–C–N with tert-alkyl or cyclic N) is 1. The molecule has 0 saturated carbocycles. The first-order valence-corrected chi connectivity index (χ1v) is 7.65. The van der Waals surface area contributed by atoms with Crippen LogP contribution in [0.3, 0.4) is 0 Å². The average Bonchev–Trinajstić information content (AvgIpc) is 2.97. The van der Waals surface area contributed by atoms with Crippen molar-refractivity contribution in [2.75, 3.05) is 13.2 Å². The van der Waals surface area contributed by atoms with Crippen molar-refractivity contribution in [1.29, 1.82) is 0 Å². The molecule has 1 N–H and O–H groups in total. The first-order valence-electron chi connectivity index (χ1n) is 7.65. The molecule has 0 radical (unpaired) electrons. The summed E-state index contributed by atoms with van der Waals surface area (Å²) in [6.45, 7) is -0.165. The van der Waals surface area contributed by atoms with Crippen molar-refractivity contribution in [2.24, 2.45) is 0 Å². The molecule has 1 amide bonds. The van der Waals surface area contributed by atoms with Gasteiger partial charge in [0.15, 0.2) is 6.61 Å². The van der Waals surface area contributed by atoms with Gasteiger partial charge in [-0.15, -0.1) is 0 Å². The number of aliphatic hydroxyl groups is 1. The summed E-state index contributed by atoms with van der Waals surface area (Å²) in [4.78, 5) is 13.8. The fourth-order valence-electron chi connectivity index (χ4n) is 2.90. The van der Waals surface area contributed by atoms with E-state index in [1.807, 2.05) is 6.07 Å². The van der Waals surface area contributed by atoms with Crippen LogP contribution in [0.2, 0.25) is 0 Å². The molecule has 0 unspecified atom stereocenters. The minimum atomic E-state index is -0.779. The molecule has 24 heavy (non-hydrogen) atoms. The number of carbonyl (C=O) groups excluding carboxylic acids is 1. The Morgan fingerprint density at radius 1 is 1.21 bits per heavy atom. The molecule has 0 aliphatic carbocycles. The summed E-state index contributed by atoms with van der Waals surface area (Å²) in [5, 5.41) is 9.87. The molecule has 6 heteroatoms. The number of amides is 1. The fraction of sp³-hybridized carbons (Fsp3) is 0.278. The highest BCUT2D eigenvalue weighted by Crippen LogP contribution is 2.34. The van der Waals surface area contributed by atoms with Crippen LogP contribution in [0.25, 0.3) is 0 Å². The van der Waals surface area contributed by atoms with Crippen LogP contribution >= 0.6 is 0 Å². The summed E-state index contributed by atoms with van der Waals surface area (Å²) in [6, 6.07) is 11.2. The van der Waals surface area contributed by atoms with Crippen molar-refractivity contribution < 1.29 is 23.4 Å². The van der Waals surface area contributed by atoms with Gasteiger partial charge >= 0.3 is 0 Å². The van der Waals surface area contributed by atoms with Crippen molar-refractivity contribution in [2.45, 2.75) is 18.6 Å². The molecule has 0 spiro atoms. The molecule has 1 saturated heterocycles. The number of para-hydroxylation sites is 1. The Hall–Kier alpha value is -2.47. The number of benzene rings is 2. The van der Waals surface area contributed by atoms with Gasteiger partial charge in [0.25, 0.3) is 5.91 Å². The molecule has 126 valence electrons. The number of ether oxygens (including phenoxy) is 1. The predicted molar refractivity (Wildman–Crippen MR) is 83.4 cm³/mol. The van der Waals surface area contributed by atoms with Gasteiger partial charge in [0.2, 0.25) is 0 Å². The molecular formula is C18H17F2NO3. The molecule has 2 aromatic carbocycles. The molecule has 0 aromatic heterocycles. The smallest absolute Gasteiger partial charge is 0.261 e. The molecule has 1 fully saturated rings. The highest BCUT2D eigenvalue weighted by Gasteiger charge is 2.36. The summed E-state index contributed by atoms with van der Waals surface area (Å²) in [5.41, 5.74) is 0.0691. The van der Waals surface area contributed by atoms with E-state index in [1.165, 1.54) is 4.90 Å². The van der Waals surface area contributed by atoms with Crippen LogP contribution in [-0.4, -0.2) is 35.2 Å². The normalized spacial score (nSPS) is 20.2. The van der Waals surface area contributed by atoms with E-state index in [4.69, 9.17) is 4.74 Å². The number of likely N-dealkylation sites (tertiary alicyclic amines) is 1. The third-order valence-corrected chi connectivity index (χ3v) is 4.02. The topological polar surface area (TPSA) is 49.8 Å². The van der Waals surface area contributed by atoms with Gasteiger partial charge in [-0.25, -0.2) is 8.78 Å². The lowest BCUT2D eigenvalue weighted by Crippen LogP contribution is -2.35. The fourth-order valence-corrected chi connectivity index (χ4v) is 2.90. The second kappa shape index (κ2) is 6.97. The Bertz CT molecular complexity index is 723. The highest BCUT2D eigenvalue weighted by atomic mass is 19.1. The Balaban J connectivity index is 1.75. The van der Waals surface area contributed by atoms with Gasteiger partial charge in [-0.1, -0.05) is 18.2 Å². The van der Waals surface area contributed by atoms with Crippen LogP contribution in [0.5, 0.6) is 5.75 Å². The Labute approximate surface area is 138 Å². The second-order valence-electron chi connectivity index (χ2n) is 5.72. The third-order valence-electron chi connectivity index (χ3n) is 4.02. The number of rotatable bonds is 4. The van der Waals surface area contributed by atoms with Gasteiger partial charge in [-0.05, 0) is 36.8 Å². The second-order valence-corrected chi connectivity index (χ2v) is 5.72. The molecule has 1 aliphatic rings. The first-order chi connectivity index (χ1) is 11.5. The number of halogens is 2. The Morgan fingerprint density at radius 3 is 2.71 bits per heavy atom. The molecular weight excluding hydrogens is 316 g/mol. The third kappa shape index (κ3) is 3.54. The molecule has 1 heterocycles. The van der Waals surface area contributed by atoms with E-state index in [0.717, 1.165) is 18.2 Å². The minimum absolute atomic E-state index is 0.0671. The molecule has 2 atom stereocenters. The summed E-state index contributed by atoms with van der Waals surface area (Å²) in [7, 11) is 0. The van der Waals surface area contributed by atoms with Crippen molar-refractivity contribution in [3.63, 3.8) is 0 Å². The minimum Gasteiger partial charge on any atom is -0.484 e. The summed E-state index contributed by atoms with van der Waals surface area (Å²) in [5.74, 6) is -1.03. The van der Waals surface area contributed by atoms with Crippen LogP contribution in [0.15, 0.2) is 48.5 Å². The van der Waals surface area contributed by atoms with E-state index >= 15 is 0 Å². The Morgan fingerprint density at radius 2 is 1.96 bits per heavy atom. The van der Waals surface area contributed by atoms with Gasteiger partial charge < -0.3 is 14.7 Å².